The van der Waals surface area contributed by atoms with Gasteiger partial charge in [-0.1, -0.05) is 0 Å². The maximum Gasteiger partial charge on any atom is 0.313 e. The van der Waals surface area contributed by atoms with Crippen LogP contribution in [-0.4, -0.2) is 18.6 Å². The summed E-state index contributed by atoms with van der Waals surface area (Å²) in [5, 5.41) is 0. The molecule has 0 amide bonds. The van der Waals surface area contributed by atoms with Crippen molar-refractivity contribution in [3.8, 4) is 0 Å². The van der Waals surface area contributed by atoms with Gasteiger partial charge in [0.1, 0.15) is 0 Å². The van der Waals surface area contributed by atoms with E-state index < -0.39 is 11.0 Å². The molecule has 0 unspecified atom stereocenters. The third kappa shape index (κ3) is 1.93. The van der Waals surface area contributed by atoms with Crippen molar-refractivity contribution in [1.29, 1.82) is 0 Å². The second-order valence-corrected chi connectivity index (χ2v) is 3.84. The van der Waals surface area contributed by atoms with E-state index in [1.54, 1.807) is 13.8 Å². The van der Waals surface area contributed by atoms with Gasteiger partial charge in [-0.2, -0.15) is 0 Å². The topological polar surface area (TPSA) is 52.3 Å². The molecule has 0 bridgehead atoms. The summed E-state index contributed by atoms with van der Waals surface area (Å²) in [5.41, 5.74) is 4.60. The minimum atomic E-state index is -0.637. The van der Waals surface area contributed by atoms with Gasteiger partial charge in [0.15, 0.2) is 0 Å². The number of hydrogen-bond acceptors (Lipinski definition) is 3. The molecule has 0 heterocycles. The van der Waals surface area contributed by atoms with E-state index in [2.05, 4.69) is 4.74 Å². The Morgan fingerprint density at radius 3 is 1.73 bits per heavy atom. The molecule has 0 rings (SSSR count). The predicted molar refractivity (Wildman–Crippen MR) is 44.1 cm³/mol. The fourth-order valence-electron chi connectivity index (χ4n) is 0.518. The Morgan fingerprint density at radius 1 is 1.27 bits per heavy atom. The molecule has 0 aromatic rings. The van der Waals surface area contributed by atoms with Crippen LogP contribution >= 0.6 is 0 Å². The van der Waals surface area contributed by atoms with E-state index >= 15 is 0 Å². The number of methoxy groups -OCH3 is 1. The molecule has 0 aliphatic carbocycles. The van der Waals surface area contributed by atoms with Crippen molar-refractivity contribution in [3.05, 3.63) is 0 Å². The molecule has 0 spiro atoms. The zero-order valence-corrected chi connectivity index (χ0v) is 7.89. The van der Waals surface area contributed by atoms with Crippen molar-refractivity contribution in [1.82, 2.24) is 0 Å². The minimum Gasteiger partial charge on any atom is -0.469 e. The van der Waals surface area contributed by atoms with Crippen LogP contribution in [0.2, 0.25) is 0 Å². The van der Waals surface area contributed by atoms with Crippen LogP contribution in [0.25, 0.3) is 0 Å². The summed E-state index contributed by atoms with van der Waals surface area (Å²) < 4.78 is 4.62. The van der Waals surface area contributed by atoms with E-state index in [0.717, 1.165) is 0 Å². The lowest BCUT2D eigenvalue weighted by Crippen LogP contribution is -2.52. The van der Waals surface area contributed by atoms with Crippen LogP contribution in [0.4, 0.5) is 0 Å². The molecular formula is C8H17NO2. The number of carbonyl (C=O) groups excluding carboxylic acids is 1. The second-order valence-electron chi connectivity index (χ2n) is 3.84. The molecule has 11 heavy (non-hydrogen) atoms. The molecule has 0 atom stereocenters. The SMILES string of the molecule is COC(=O)C(C)(C)C(C)(C)N. The summed E-state index contributed by atoms with van der Waals surface area (Å²) in [6.45, 7) is 7.17. The molecule has 0 radical (unpaired) electrons. The lowest BCUT2D eigenvalue weighted by atomic mass is 9.75. The van der Waals surface area contributed by atoms with Crippen LogP contribution in [0.3, 0.4) is 0 Å². The molecule has 2 N–H and O–H groups in total. The Balaban J connectivity index is 4.59. The maximum absolute atomic E-state index is 11.2. The highest BCUT2D eigenvalue weighted by Gasteiger charge is 2.41. The van der Waals surface area contributed by atoms with Crippen molar-refractivity contribution >= 4 is 5.97 Å². The van der Waals surface area contributed by atoms with E-state index in [0.29, 0.717) is 0 Å². The number of nitrogens with two attached hydrogens (primary N) is 1. The Kier molecular flexibility index (Phi) is 2.67. The quantitative estimate of drug-likeness (QED) is 0.610. The number of hydrogen-bond donors (Lipinski definition) is 1. The fourth-order valence-corrected chi connectivity index (χ4v) is 0.518. The van der Waals surface area contributed by atoms with Crippen molar-refractivity contribution in [2.75, 3.05) is 7.11 Å². The van der Waals surface area contributed by atoms with Crippen LogP contribution in [0.5, 0.6) is 0 Å². The summed E-state index contributed by atoms with van der Waals surface area (Å²) in [4.78, 5) is 11.2. The van der Waals surface area contributed by atoms with Gasteiger partial charge in [0.05, 0.1) is 12.5 Å². The zero-order chi connectivity index (χ0) is 9.28. The third-order valence-corrected chi connectivity index (χ3v) is 2.31. The van der Waals surface area contributed by atoms with Gasteiger partial charge in [0.2, 0.25) is 0 Å². The second kappa shape index (κ2) is 2.81. The molecule has 3 nitrogen and oxygen atoms in total. The number of carbonyl (C=O) groups is 1. The lowest BCUT2D eigenvalue weighted by molar-refractivity contribution is -0.154. The van der Waals surface area contributed by atoms with E-state index in [1.807, 2.05) is 13.8 Å². The van der Waals surface area contributed by atoms with Gasteiger partial charge < -0.3 is 10.5 Å². The van der Waals surface area contributed by atoms with E-state index in [9.17, 15) is 4.79 Å². The number of esters is 1. The van der Waals surface area contributed by atoms with Crippen molar-refractivity contribution < 1.29 is 9.53 Å². The molecule has 0 aromatic carbocycles. The van der Waals surface area contributed by atoms with Gasteiger partial charge in [-0.25, -0.2) is 0 Å². The molecule has 0 aliphatic rings. The third-order valence-electron chi connectivity index (χ3n) is 2.31. The summed E-state index contributed by atoms with van der Waals surface area (Å²) in [6.07, 6.45) is 0. The van der Waals surface area contributed by atoms with Gasteiger partial charge in [-0.3, -0.25) is 4.79 Å². The van der Waals surface area contributed by atoms with E-state index in [1.165, 1.54) is 7.11 Å². The average molecular weight is 159 g/mol. The van der Waals surface area contributed by atoms with Crippen LogP contribution in [0.15, 0.2) is 0 Å². The summed E-state index contributed by atoms with van der Waals surface area (Å²) >= 11 is 0. The fraction of sp³-hybridized carbons (Fsp3) is 0.875. The van der Waals surface area contributed by atoms with Crippen LogP contribution in [0, 0.1) is 5.41 Å². The molecule has 3 heteroatoms. The molecule has 0 aliphatic heterocycles. The summed E-state index contributed by atoms with van der Waals surface area (Å²) in [5.74, 6) is -0.273. The first-order valence-electron chi connectivity index (χ1n) is 3.61. The molecule has 0 aromatic heterocycles. The average Bonchev–Trinajstić information content (AvgIpc) is 1.83. The molecule has 66 valence electrons. The number of ether oxygens (including phenoxy) is 1. The summed E-state index contributed by atoms with van der Waals surface area (Å²) in [6, 6.07) is 0. The largest absolute Gasteiger partial charge is 0.469 e. The van der Waals surface area contributed by atoms with Gasteiger partial charge in [-0.15, -0.1) is 0 Å². The van der Waals surface area contributed by atoms with E-state index in [-0.39, 0.29) is 5.97 Å². The smallest absolute Gasteiger partial charge is 0.313 e. The van der Waals surface area contributed by atoms with Gasteiger partial charge >= 0.3 is 5.97 Å². The highest BCUT2D eigenvalue weighted by molar-refractivity contribution is 5.77. The molecular weight excluding hydrogens is 142 g/mol. The monoisotopic (exact) mass is 159 g/mol. The maximum atomic E-state index is 11.2. The standard InChI is InChI=1S/C8H17NO2/c1-7(2,6(10)11-5)8(3,4)9/h9H2,1-5H3. The zero-order valence-electron chi connectivity index (χ0n) is 7.89. The highest BCUT2D eigenvalue weighted by atomic mass is 16.5. The van der Waals surface area contributed by atoms with Gasteiger partial charge in [0, 0.05) is 5.54 Å². The number of rotatable bonds is 2. The van der Waals surface area contributed by atoms with Crippen molar-refractivity contribution in [3.63, 3.8) is 0 Å². The Morgan fingerprint density at radius 2 is 1.64 bits per heavy atom. The Bertz CT molecular complexity index is 156. The molecule has 0 saturated heterocycles. The highest BCUT2D eigenvalue weighted by Crippen LogP contribution is 2.29. The van der Waals surface area contributed by atoms with Crippen LogP contribution < -0.4 is 5.73 Å². The van der Waals surface area contributed by atoms with Crippen molar-refractivity contribution in [2.24, 2.45) is 11.1 Å². The van der Waals surface area contributed by atoms with Crippen molar-refractivity contribution in [2.45, 2.75) is 33.2 Å². The molecule has 0 fully saturated rings. The Labute approximate surface area is 67.9 Å². The molecule has 0 saturated carbocycles. The predicted octanol–water partition coefficient (Wildman–Crippen LogP) is 0.923. The van der Waals surface area contributed by atoms with Gasteiger partial charge in [-0.05, 0) is 27.7 Å². The van der Waals surface area contributed by atoms with Crippen LogP contribution in [-0.2, 0) is 9.53 Å². The first-order valence-corrected chi connectivity index (χ1v) is 3.61. The van der Waals surface area contributed by atoms with E-state index in [4.69, 9.17) is 5.73 Å². The normalized spacial score (nSPS) is 12.9. The minimum absolute atomic E-state index is 0.273. The lowest BCUT2D eigenvalue weighted by Gasteiger charge is -2.35. The Hall–Kier alpha value is -0.570. The first-order chi connectivity index (χ1) is 4.73. The summed E-state index contributed by atoms with van der Waals surface area (Å²) in [7, 11) is 1.37. The first kappa shape index (κ1) is 10.4. The van der Waals surface area contributed by atoms with Gasteiger partial charge in [0.25, 0.3) is 0 Å². The van der Waals surface area contributed by atoms with Crippen LogP contribution in [0.1, 0.15) is 27.7 Å².